The summed E-state index contributed by atoms with van der Waals surface area (Å²) in [5.74, 6) is 0.217. The maximum Gasteiger partial charge on any atom is 0.274 e. The first kappa shape index (κ1) is 20.6. The Hall–Kier alpha value is -4.26. The summed E-state index contributed by atoms with van der Waals surface area (Å²) in [6.07, 6.45) is 3.29. The van der Waals surface area contributed by atoms with Crippen molar-refractivity contribution in [2.45, 2.75) is 26.2 Å². The lowest BCUT2D eigenvalue weighted by Gasteiger charge is -2.18. The highest BCUT2D eigenvalue weighted by Crippen LogP contribution is 2.34. The van der Waals surface area contributed by atoms with E-state index in [0.717, 1.165) is 27.9 Å². The fourth-order valence-electron chi connectivity index (χ4n) is 3.62. The van der Waals surface area contributed by atoms with E-state index < -0.39 is 0 Å². The molecule has 0 aliphatic carbocycles. The first-order valence-corrected chi connectivity index (χ1v) is 10.7. The van der Waals surface area contributed by atoms with Crippen LogP contribution in [0.25, 0.3) is 33.8 Å². The number of oxazole rings is 1. The molecule has 2 aromatic carbocycles. The number of benzene rings is 2. The molecule has 0 unspecified atom stereocenters. The van der Waals surface area contributed by atoms with Gasteiger partial charge in [-0.05, 0) is 47.4 Å². The Morgan fingerprint density at radius 1 is 1.03 bits per heavy atom. The Morgan fingerprint density at radius 3 is 2.70 bits per heavy atom. The standard InChI is InChI=1S/C26H23N5O2/c1-26(2,3)17-10-11-22-21(14-17)30-25(33-22)19-15-28-31-23(19)16-7-6-8-18(13-16)29-24(32)20-9-4-5-12-27-20/h4-15H,1-3H3,(H,28,31)(H,29,32). The van der Waals surface area contributed by atoms with Crippen molar-refractivity contribution in [1.82, 2.24) is 20.2 Å². The number of aromatic nitrogens is 4. The number of rotatable bonds is 4. The van der Waals surface area contributed by atoms with Gasteiger partial charge in [0.2, 0.25) is 5.89 Å². The van der Waals surface area contributed by atoms with Crippen LogP contribution in [0.3, 0.4) is 0 Å². The van der Waals surface area contributed by atoms with Gasteiger partial charge in [0.05, 0.1) is 17.5 Å². The quantitative estimate of drug-likeness (QED) is 0.369. The van der Waals surface area contributed by atoms with E-state index in [0.29, 0.717) is 17.3 Å². The van der Waals surface area contributed by atoms with Crippen LogP contribution in [0.15, 0.2) is 77.5 Å². The molecule has 33 heavy (non-hydrogen) atoms. The number of nitrogens with one attached hydrogen (secondary N) is 2. The Labute approximate surface area is 190 Å². The molecule has 5 aromatic rings. The largest absolute Gasteiger partial charge is 0.436 e. The van der Waals surface area contributed by atoms with Crippen LogP contribution in [0.4, 0.5) is 5.69 Å². The lowest BCUT2D eigenvalue weighted by Crippen LogP contribution is -2.13. The highest BCUT2D eigenvalue weighted by Gasteiger charge is 2.19. The zero-order valence-electron chi connectivity index (χ0n) is 18.6. The monoisotopic (exact) mass is 437 g/mol. The fourth-order valence-corrected chi connectivity index (χ4v) is 3.62. The molecule has 0 saturated heterocycles. The van der Waals surface area contributed by atoms with Crippen LogP contribution in [0.2, 0.25) is 0 Å². The maximum absolute atomic E-state index is 12.5. The van der Waals surface area contributed by atoms with Crippen LogP contribution in [-0.2, 0) is 5.41 Å². The number of anilines is 1. The summed E-state index contributed by atoms with van der Waals surface area (Å²) in [6, 6.07) is 18.8. The number of hydrogen-bond acceptors (Lipinski definition) is 5. The number of carbonyl (C=O) groups is 1. The van der Waals surface area contributed by atoms with Gasteiger partial charge in [-0.2, -0.15) is 5.10 Å². The molecule has 0 aliphatic heterocycles. The van der Waals surface area contributed by atoms with E-state index in [1.165, 1.54) is 5.56 Å². The first-order chi connectivity index (χ1) is 15.9. The minimum absolute atomic E-state index is 0.0221. The van der Waals surface area contributed by atoms with Crippen molar-refractivity contribution in [1.29, 1.82) is 0 Å². The van der Waals surface area contributed by atoms with Gasteiger partial charge in [0, 0.05) is 17.4 Å². The van der Waals surface area contributed by atoms with E-state index in [2.05, 4.69) is 53.4 Å². The number of amides is 1. The number of nitrogens with zero attached hydrogens (tertiary/aromatic N) is 3. The van der Waals surface area contributed by atoms with Crippen molar-refractivity contribution in [3.8, 4) is 22.7 Å². The molecule has 3 heterocycles. The van der Waals surface area contributed by atoms with Crippen LogP contribution in [0, 0.1) is 0 Å². The molecule has 0 aliphatic rings. The molecule has 5 rings (SSSR count). The molecule has 2 N–H and O–H groups in total. The normalized spacial score (nSPS) is 11.6. The van der Waals surface area contributed by atoms with Crippen LogP contribution >= 0.6 is 0 Å². The second kappa shape index (κ2) is 8.02. The zero-order chi connectivity index (χ0) is 23.0. The van der Waals surface area contributed by atoms with Crippen LogP contribution in [0.1, 0.15) is 36.8 Å². The van der Waals surface area contributed by atoms with Crippen molar-refractivity contribution in [3.63, 3.8) is 0 Å². The van der Waals surface area contributed by atoms with Gasteiger partial charge in [-0.3, -0.25) is 14.9 Å². The summed E-state index contributed by atoms with van der Waals surface area (Å²) in [7, 11) is 0. The van der Waals surface area contributed by atoms with E-state index in [9.17, 15) is 4.79 Å². The molecule has 3 aromatic heterocycles. The van der Waals surface area contributed by atoms with Crippen LogP contribution < -0.4 is 5.32 Å². The van der Waals surface area contributed by atoms with E-state index >= 15 is 0 Å². The molecule has 0 saturated carbocycles. The second-order valence-electron chi connectivity index (χ2n) is 8.86. The maximum atomic E-state index is 12.5. The summed E-state index contributed by atoms with van der Waals surface area (Å²) >= 11 is 0. The average molecular weight is 438 g/mol. The van der Waals surface area contributed by atoms with Crippen molar-refractivity contribution < 1.29 is 9.21 Å². The Kier molecular flexibility index (Phi) is 5.01. The van der Waals surface area contributed by atoms with E-state index in [1.807, 2.05) is 30.3 Å². The smallest absolute Gasteiger partial charge is 0.274 e. The number of fused-ring (bicyclic) bond motifs is 1. The average Bonchev–Trinajstić information content (AvgIpc) is 3.45. The van der Waals surface area contributed by atoms with Crippen molar-refractivity contribution in [3.05, 3.63) is 84.3 Å². The molecule has 0 atom stereocenters. The van der Waals surface area contributed by atoms with E-state index in [1.54, 1.807) is 30.6 Å². The van der Waals surface area contributed by atoms with Crippen molar-refractivity contribution in [2.75, 3.05) is 5.32 Å². The minimum Gasteiger partial charge on any atom is -0.436 e. The topological polar surface area (TPSA) is 96.7 Å². The summed E-state index contributed by atoms with van der Waals surface area (Å²) in [6.45, 7) is 6.51. The zero-order valence-corrected chi connectivity index (χ0v) is 18.6. The van der Waals surface area contributed by atoms with Gasteiger partial charge in [0.1, 0.15) is 11.2 Å². The molecule has 1 amide bonds. The molecule has 0 radical (unpaired) electrons. The molecule has 0 spiro atoms. The molecule has 7 heteroatoms. The van der Waals surface area contributed by atoms with Gasteiger partial charge in [0.15, 0.2) is 5.58 Å². The molecular formula is C26H23N5O2. The lowest BCUT2D eigenvalue weighted by molar-refractivity contribution is 0.102. The molecule has 0 bridgehead atoms. The first-order valence-electron chi connectivity index (χ1n) is 10.7. The van der Waals surface area contributed by atoms with Gasteiger partial charge >= 0.3 is 0 Å². The third kappa shape index (κ3) is 4.13. The third-order valence-electron chi connectivity index (χ3n) is 5.43. The SMILES string of the molecule is CC(C)(C)c1ccc2oc(-c3cn[nH]c3-c3cccc(NC(=O)c4ccccn4)c3)nc2c1. The summed E-state index contributed by atoms with van der Waals surface area (Å²) in [4.78, 5) is 21.3. The number of pyridine rings is 1. The Balaban J connectivity index is 1.47. The van der Waals surface area contributed by atoms with Gasteiger partial charge in [-0.15, -0.1) is 0 Å². The molecule has 164 valence electrons. The number of aromatic amines is 1. The number of H-pyrrole nitrogens is 1. The van der Waals surface area contributed by atoms with Crippen molar-refractivity contribution >= 4 is 22.7 Å². The summed E-state index contributed by atoms with van der Waals surface area (Å²) < 4.78 is 6.05. The fraction of sp³-hybridized carbons (Fsp3) is 0.154. The van der Waals surface area contributed by atoms with E-state index in [-0.39, 0.29) is 11.3 Å². The van der Waals surface area contributed by atoms with Crippen LogP contribution in [-0.4, -0.2) is 26.1 Å². The predicted octanol–water partition coefficient (Wildman–Crippen LogP) is 5.83. The third-order valence-corrected chi connectivity index (χ3v) is 5.43. The highest BCUT2D eigenvalue weighted by atomic mass is 16.3. The van der Waals surface area contributed by atoms with Gasteiger partial charge < -0.3 is 9.73 Å². The minimum atomic E-state index is -0.272. The number of carbonyl (C=O) groups excluding carboxylic acids is 1. The lowest BCUT2D eigenvalue weighted by atomic mass is 9.87. The highest BCUT2D eigenvalue weighted by molar-refractivity contribution is 6.03. The van der Waals surface area contributed by atoms with Gasteiger partial charge in [-0.25, -0.2) is 4.98 Å². The van der Waals surface area contributed by atoms with E-state index in [4.69, 9.17) is 9.40 Å². The molecular weight excluding hydrogens is 414 g/mol. The Bertz CT molecular complexity index is 1440. The predicted molar refractivity (Wildman–Crippen MR) is 128 cm³/mol. The van der Waals surface area contributed by atoms with Gasteiger partial charge in [-0.1, -0.05) is 45.0 Å². The second-order valence-corrected chi connectivity index (χ2v) is 8.86. The van der Waals surface area contributed by atoms with Crippen LogP contribution in [0.5, 0.6) is 0 Å². The summed E-state index contributed by atoms with van der Waals surface area (Å²) in [5, 5.41) is 10.1. The number of hydrogen-bond donors (Lipinski definition) is 2. The Morgan fingerprint density at radius 2 is 1.91 bits per heavy atom. The van der Waals surface area contributed by atoms with Gasteiger partial charge in [0.25, 0.3) is 5.91 Å². The van der Waals surface area contributed by atoms with Crippen molar-refractivity contribution in [2.24, 2.45) is 0 Å². The molecule has 0 fully saturated rings. The summed E-state index contributed by atoms with van der Waals surface area (Å²) in [5.41, 5.74) is 6.10. The molecule has 7 nitrogen and oxygen atoms in total.